The van der Waals surface area contributed by atoms with Gasteiger partial charge in [-0.3, -0.25) is 9.69 Å². The minimum absolute atomic E-state index is 0.0124. The summed E-state index contributed by atoms with van der Waals surface area (Å²) < 4.78 is 33.3. The van der Waals surface area contributed by atoms with Gasteiger partial charge in [0.05, 0.1) is 25.0 Å². The van der Waals surface area contributed by atoms with Gasteiger partial charge >= 0.3 is 5.97 Å². The Morgan fingerprint density at radius 2 is 1.92 bits per heavy atom. The number of carboxylic acid groups (broad SMARTS) is 1. The van der Waals surface area contributed by atoms with E-state index in [1.165, 1.54) is 19.3 Å². The Bertz CT molecular complexity index is 572. The third kappa shape index (κ3) is 4.72. The van der Waals surface area contributed by atoms with Gasteiger partial charge in [0, 0.05) is 19.6 Å². The predicted molar refractivity (Wildman–Crippen MR) is 93.9 cm³/mol. The molecule has 4 rings (SSSR count). The van der Waals surface area contributed by atoms with E-state index in [2.05, 4.69) is 0 Å². The van der Waals surface area contributed by atoms with Crippen LogP contribution in [0.4, 0.5) is 0 Å². The fraction of sp³-hybridized carbons (Fsp3) is 0.941. The number of sulfonamides is 1. The molecule has 1 atom stereocenters. The maximum absolute atomic E-state index is 13.0. The zero-order chi connectivity index (χ0) is 18.1. The third-order valence-corrected chi connectivity index (χ3v) is 8.25. The molecule has 25 heavy (non-hydrogen) atoms. The first kappa shape index (κ1) is 19.1. The molecule has 0 aromatic carbocycles. The van der Waals surface area contributed by atoms with Gasteiger partial charge in [0.15, 0.2) is 0 Å². The van der Waals surface area contributed by atoms with Gasteiger partial charge < -0.3 is 9.84 Å². The molecule has 0 aromatic rings. The summed E-state index contributed by atoms with van der Waals surface area (Å²) in [5, 5.41) is 8.85. The van der Waals surface area contributed by atoms with Crippen LogP contribution in [-0.4, -0.2) is 80.4 Å². The van der Waals surface area contributed by atoms with Gasteiger partial charge in [0.1, 0.15) is 0 Å². The van der Waals surface area contributed by atoms with E-state index in [0.29, 0.717) is 26.2 Å². The van der Waals surface area contributed by atoms with Gasteiger partial charge in [0.25, 0.3) is 0 Å². The molecule has 144 valence electrons. The second kappa shape index (κ2) is 7.50. The molecule has 0 aromatic heterocycles. The molecule has 1 saturated heterocycles. The monoisotopic (exact) mass is 374 g/mol. The van der Waals surface area contributed by atoms with Crippen molar-refractivity contribution in [3.8, 4) is 0 Å². The van der Waals surface area contributed by atoms with E-state index in [0.717, 1.165) is 25.2 Å². The molecule has 3 saturated carbocycles. The van der Waals surface area contributed by atoms with Crippen molar-refractivity contribution in [2.75, 3.05) is 45.6 Å². The van der Waals surface area contributed by atoms with Crippen LogP contribution in [0.1, 0.15) is 38.5 Å². The molecule has 3 aliphatic carbocycles. The van der Waals surface area contributed by atoms with Gasteiger partial charge in [-0.25, -0.2) is 8.42 Å². The van der Waals surface area contributed by atoms with E-state index in [-0.39, 0.29) is 23.8 Å². The molecule has 0 spiro atoms. The maximum atomic E-state index is 13.0. The SMILES string of the molecule is CN(CC(=O)O)CC1CN(S(=O)(=O)CC23CCC(CC2)CC3)CCO1. The van der Waals surface area contributed by atoms with E-state index < -0.39 is 16.0 Å². The van der Waals surface area contributed by atoms with Crippen molar-refractivity contribution in [2.45, 2.75) is 44.6 Å². The van der Waals surface area contributed by atoms with E-state index in [1.807, 2.05) is 0 Å². The zero-order valence-corrected chi connectivity index (χ0v) is 15.8. The summed E-state index contributed by atoms with van der Waals surface area (Å²) in [5.74, 6) is 0.196. The Morgan fingerprint density at radius 3 is 2.52 bits per heavy atom. The van der Waals surface area contributed by atoms with Gasteiger partial charge in [-0.1, -0.05) is 0 Å². The number of carbonyl (C=O) groups is 1. The lowest BCUT2D eigenvalue weighted by molar-refractivity contribution is -0.138. The third-order valence-electron chi connectivity index (χ3n) is 6.15. The molecule has 2 bridgehead atoms. The molecule has 1 unspecified atom stereocenters. The summed E-state index contributed by atoms with van der Waals surface area (Å²) in [6, 6.07) is 0. The number of fused-ring (bicyclic) bond motifs is 3. The molecule has 8 heteroatoms. The standard InChI is InChI=1S/C17H30N2O5S/c1-18(12-16(20)21)10-15-11-19(8-9-24-15)25(22,23)13-17-5-2-14(3-6-17)4-7-17/h14-15H,2-13H2,1H3,(H,20,21). The summed E-state index contributed by atoms with van der Waals surface area (Å²) in [4.78, 5) is 12.4. The molecule has 1 heterocycles. The van der Waals surface area contributed by atoms with Crippen molar-refractivity contribution < 1.29 is 23.1 Å². The van der Waals surface area contributed by atoms with Crippen molar-refractivity contribution in [1.29, 1.82) is 0 Å². The lowest BCUT2D eigenvalue weighted by atomic mass is 9.62. The average Bonchev–Trinajstić information content (AvgIpc) is 2.55. The van der Waals surface area contributed by atoms with Crippen molar-refractivity contribution >= 4 is 16.0 Å². The van der Waals surface area contributed by atoms with Crippen LogP contribution in [0.15, 0.2) is 0 Å². The summed E-state index contributed by atoms with van der Waals surface area (Å²) in [5.41, 5.74) is -0.0124. The number of rotatable bonds is 7. The molecule has 1 N–H and O–H groups in total. The number of carboxylic acids is 1. The molecular formula is C17H30N2O5S. The highest BCUT2D eigenvalue weighted by atomic mass is 32.2. The number of hydrogen-bond donors (Lipinski definition) is 1. The van der Waals surface area contributed by atoms with Crippen LogP contribution in [0, 0.1) is 11.3 Å². The molecule has 1 aliphatic heterocycles. The number of aliphatic carboxylic acids is 1. The van der Waals surface area contributed by atoms with Gasteiger partial charge in [0.2, 0.25) is 10.0 Å². The van der Waals surface area contributed by atoms with Crippen molar-refractivity contribution in [3.05, 3.63) is 0 Å². The lowest BCUT2D eigenvalue weighted by Gasteiger charge is -2.47. The molecule has 4 fully saturated rings. The predicted octanol–water partition coefficient (Wildman–Crippen LogP) is 1.00. The van der Waals surface area contributed by atoms with Crippen LogP contribution < -0.4 is 0 Å². The van der Waals surface area contributed by atoms with Crippen LogP contribution in [0.2, 0.25) is 0 Å². The first-order chi connectivity index (χ1) is 11.8. The molecule has 7 nitrogen and oxygen atoms in total. The average molecular weight is 375 g/mol. The van der Waals surface area contributed by atoms with E-state index in [9.17, 15) is 13.2 Å². The van der Waals surface area contributed by atoms with E-state index >= 15 is 0 Å². The fourth-order valence-electron chi connectivity index (χ4n) is 4.73. The Labute approximate surface area is 150 Å². The first-order valence-electron chi connectivity index (χ1n) is 9.28. The van der Waals surface area contributed by atoms with Crippen LogP contribution in [0.5, 0.6) is 0 Å². The molecule has 4 aliphatic rings. The first-order valence-corrected chi connectivity index (χ1v) is 10.9. The van der Waals surface area contributed by atoms with Crippen LogP contribution in [0.25, 0.3) is 0 Å². The van der Waals surface area contributed by atoms with Gasteiger partial charge in [-0.05, 0) is 56.9 Å². The Kier molecular flexibility index (Phi) is 5.72. The van der Waals surface area contributed by atoms with E-state index in [1.54, 1.807) is 16.3 Å². The Balaban J connectivity index is 1.59. The van der Waals surface area contributed by atoms with Gasteiger partial charge in [-0.2, -0.15) is 4.31 Å². The smallest absolute Gasteiger partial charge is 0.317 e. The second-order valence-electron chi connectivity index (χ2n) is 8.18. The number of hydrogen-bond acceptors (Lipinski definition) is 5. The molecule has 0 amide bonds. The van der Waals surface area contributed by atoms with Crippen molar-refractivity contribution in [2.24, 2.45) is 11.3 Å². The highest BCUT2D eigenvalue weighted by Crippen LogP contribution is 2.51. The molecular weight excluding hydrogens is 344 g/mol. The minimum atomic E-state index is -3.30. The Hall–Kier alpha value is -0.700. The molecule has 0 radical (unpaired) electrons. The lowest BCUT2D eigenvalue weighted by Crippen LogP contribution is -2.52. The Morgan fingerprint density at radius 1 is 1.28 bits per heavy atom. The van der Waals surface area contributed by atoms with E-state index in [4.69, 9.17) is 9.84 Å². The zero-order valence-electron chi connectivity index (χ0n) is 15.0. The largest absolute Gasteiger partial charge is 0.480 e. The topological polar surface area (TPSA) is 87.2 Å². The summed E-state index contributed by atoms with van der Waals surface area (Å²) in [7, 11) is -1.59. The second-order valence-corrected chi connectivity index (χ2v) is 10.1. The summed E-state index contributed by atoms with van der Waals surface area (Å²) in [6.45, 7) is 1.45. The summed E-state index contributed by atoms with van der Waals surface area (Å²) in [6.07, 6.45) is 6.42. The normalized spacial score (nSPS) is 33.7. The number of nitrogens with zero attached hydrogens (tertiary/aromatic N) is 2. The maximum Gasteiger partial charge on any atom is 0.317 e. The highest BCUT2D eigenvalue weighted by molar-refractivity contribution is 7.89. The van der Waals surface area contributed by atoms with Crippen LogP contribution in [0.3, 0.4) is 0 Å². The van der Waals surface area contributed by atoms with Crippen LogP contribution >= 0.6 is 0 Å². The van der Waals surface area contributed by atoms with Crippen molar-refractivity contribution in [1.82, 2.24) is 9.21 Å². The number of morpholine rings is 1. The highest BCUT2D eigenvalue weighted by Gasteiger charge is 2.45. The quantitative estimate of drug-likeness (QED) is 0.715. The number of ether oxygens (including phenoxy) is 1. The fourth-order valence-corrected chi connectivity index (χ4v) is 6.87. The van der Waals surface area contributed by atoms with Gasteiger partial charge in [-0.15, -0.1) is 0 Å². The number of likely N-dealkylation sites (N-methyl/N-ethyl adjacent to an activating group) is 1. The summed E-state index contributed by atoms with van der Waals surface area (Å²) >= 11 is 0. The minimum Gasteiger partial charge on any atom is -0.480 e. The van der Waals surface area contributed by atoms with Crippen molar-refractivity contribution in [3.63, 3.8) is 0 Å². The van der Waals surface area contributed by atoms with Crippen LogP contribution in [-0.2, 0) is 19.6 Å².